The number of anilines is 1. The van der Waals surface area contributed by atoms with Crippen molar-refractivity contribution < 1.29 is 19.0 Å². The van der Waals surface area contributed by atoms with E-state index in [1.165, 1.54) is 12.7 Å². The van der Waals surface area contributed by atoms with Crippen LogP contribution in [-0.2, 0) is 21.6 Å². The largest absolute Gasteiger partial charge is 0.493 e. The van der Waals surface area contributed by atoms with Gasteiger partial charge in [-0.2, -0.15) is 4.98 Å². The minimum Gasteiger partial charge on any atom is -0.493 e. The summed E-state index contributed by atoms with van der Waals surface area (Å²) in [5.41, 5.74) is 4.40. The Labute approximate surface area is 235 Å². The lowest BCUT2D eigenvalue weighted by Gasteiger charge is -2.28. The van der Waals surface area contributed by atoms with Gasteiger partial charge >= 0.3 is 5.97 Å². The summed E-state index contributed by atoms with van der Waals surface area (Å²) in [5.74, 6) is 2.27. The molecule has 9 heteroatoms. The normalized spacial score (nSPS) is 15.0. The number of nitrogens with one attached hydrogen (secondary N) is 1. The molecule has 0 radical (unpaired) electrons. The van der Waals surface area contributed by atoms with Gasteiger partial charge in [0.05, 0.1) is 19.8 Å². The number of allylic oxidation sites excluding steroid dienone is 1. The molecule has 8 nitrogen and oxygen atoms in total. The summed E-state index contributed by atoms with van der Waals surface area (Å²) in [7, 11) is 2.99. The topological polar surface area (TPSA) is 87.5 Å². The van der Waals surface area contributed by atoms with Crippen molar-refractivity contribution in [3.05, 3.63) is 70.4 Å². The molecule has 0 saturated carbocycles. The molecule has 0 bridgehead atoms. The number of thioether (sulfide) groups is 1. The zero-order valence-corrected chi connectivity index (χ0v) is 24.6. The number of nitrogens with zero attached hydrogens (tertiary/aromatic N) is 3. The van der Waals surface area contributed by atoms with E-state index in [9.17, 15) is 4.79 Å². The molecular weight excluding hydrogens is 512 g/mol. The molecular formula is C30H38N4O4S. The fraction of sp³-hybridized carbons (Fsp3) is 0.433. The molecule has 0 amide bonds. The van der Waals surface area contributed by atoms with E-state index < -0.39 is 12.0 Å². The van der Waals surface area contributed by atoms with Crippen molar-refractivity contribution in [1.82, 2.24) is 14.8 Å². The number of esters is 1. The number of hydrogen-bond acceptors (Lipinski definition) is 8. The average Bonchev–Trinajstić information content (AvgIpc) is 3.32. The number of carbonyl (C=O) groups is 1. The number of rotatable bonds is 10. The van der Waals surface area contributed by atoms with Crippen LogP contribution in [0.1, 0.15) is 70.2 Å². The van der Waals surface area contributed by atoms with Crippen LogP contribution in [0.15, 0.2) is 58.9 Å². The van der Waals surface area contributed by atoms with E-state index in [0.29, 0.717) is 40.5 Å². The number of carbonyl (C=O) groups excluding carboxylic acids is 1. The Morgan fingerprint density at radius 3 is 2.49 bits per heavy atom. The first-order valence-electron chi connectivity index (χ1n) is 13.2. The van der Waals surface area contributed by atoms with Crippen LogP contribution in [0.5, 0.6) is 11.5 Å². The van der Waals surface area contributed by atoms with Gasteiger partial charge < -0.3 is 19.5 Å². The number of ether oxygens (including phenoxy) is 3. The van der Waals surface area contributed by atoms with Gasteiger partial charge in [0.15, 0.2) is 11.5 Å². The van der Waals surface area contributed by atoms with Gasteiger partial charge in [-0.25, -0.2) is 9.48 Å². The van der Waals surface area contributed by atoms with Crippen molar-refractivity contribution in [3.63, 3.8) is 0 Å². The number of aromatic nitrogens is 3. The predicted molar refractivity (Wildman–Crippen MR) is 155 cm³/mol. The molecule has 4 rings (SSSR count). The summed E-state index contributed by atoms with van der Waals surface area (Å²) in [6.45, 7) is 11.0. The van der Waals surface area contributed by atoms with Crippen LogP contribution < -0.4 is 14.8 Å². The van der Waals surface area contributed by atoms with Crippen molar-refractivity contribution in [2.75, 3.05) is 25.3 Å². The molecule has 0 aliphatic carbocycles. The molecule has 39 heavy (non-hydrogen) atoms. The quantitative estimate of drug-likeness (QED) is 0.173. The van der Waals surface area contributed by atoms with E-state index >= 15 is 0 Å². The first-order valence-corrected chi connectivity index (χ1v) is 14.2. The summed E-state index contributed by atoms with van der Waals surface area (Å²) in [6, 6.07) is 13.6. The number of methoxy groups -OCH3 is 2. The lowest BCUT2D eigenvalue weighted by Crippen LogP contribution is -2.29. The van der Waals surface area contributed by atoms with E-state index in [1.807, 2.05) is 25.1 Å². The van der Waals surface area contributed by atoms with Crippen molar-refractivity contribution in [2.45, 2.75) is 70.7 Å². The summed E-state index contributed by atoms with van der Waals surface area (Å²) in [4.78, 5) is 17.6. The molecule has 0 saturated heterocycles. The summed E-state index contributed by atoms with van der Waals surface area (Å²) < 4.78 is 18.8. The second-order valence-electron chi connectivity index (χ2n) is 10.6. The molecule has 208 valence electrons. The van der Waals surface area contributed by atoms with Crippen molar-refractivity contribution >= 4 is 23.7 Å². The van der Waals surface area contributed by atoms with Crippen LogP contribution in [0.2, 0.25) is 0 Å². The Kier molecular flexibility index (Phi) is 8.90. The molecule has 0 fully saturated rings. The Balaban J connectivity index is 1.63. The van der Waals surface area contributed by atoms with E-state index in [2.05, 4.69) is 62.3 Å². The molecule has 1 atom stereocenters. The second-order valence-corrected chi connectivity index (χ2v) is 11.6. The van der Waals surface area contributed by atoms with E-state index in [4.69, 9.17) is 19.3 Å². The monoisotopic (exact) mass is 550 g/mol. The van der Waals surface area contributed by atoms with Crippen molar-refractivity contribution in [3.8, 4) is 11.5 Å². The van der Waals surface area contributed by atoms with Gasteiger partial charge in [-0.15, -0.1) is 5.10 Å². The first-order chi connectivity index (χ1) is 18.7. The van der Waals surface area contributed by atoms with Gasteiger partial charge in [-0.05, 0) is 47.6 Å². The number of benzene rings is 2. The fourth-order valence-corrected chi connectivity index (χ4v) is 5.33. The molecule has 1 aliphatic rings. The molecule has 1 aliphatic heterocycles. The maximum Gasteiger partial charge on any atom is 0.338 e. The molecule has 1 N–H and O–H groups in total. The average molecular weight is 551 g/mol. The van der Waals surface area contributed by atoms with Crippen LogP contribution in [0.3, 0.4) is 0 Å². The smallest absolute Gasteiger partial charge is 0.338 e. The summed E-state index contributed by atoms with van der Waals surface area (Å²) in [5, 5.41) is 8.64. The SMILES string of the molecule is CCCCSc1nc2n(n1)C(c1ccc(OCc3ccc(C(C)(C)C)cc3)c(OC)c1)C(C(=O)OC)=C(C)N2. The number of unbranched alkanes of at least 4 members (excludes halogenated alkanes) is 1. The van der Waals surface area contributed by atoms with Gasteiger partial charge in [0.25, 0.3) is 0 Å². The fourth-order valence-electron chi connectivity index (χ4n) is 4.42. The van der Waals surface area contributed by atoms with Crippen LogP contribution in [0, 0.1) is 0 Å². The minimum atomic E-state index is -0.533. The Morgan fingerprint density at radius 2 is 1.85 bits per heavy atom. The number of hydrogen-bond donors (Lipinski definition) is 1. The van der Waals surface area contributed by atoms with Crippen LogP contribution in [0.25, 0.3) is 0 Å². The van der Waals surface area contributed by atoms with Gasteiger partial charge in [0, 0.05) is 11.4 Å². The van der Waals surface area contributed by atoms with Crippen LogP contribution >= 0.6 is 11.8 Å². The highest BCUT2D eigenvalue weighted by Gasteiger charge is 2.35. The standard InChI is InChI=1S/C30H38N4O4S/c1-8-9-16-39-29-32-28-31-19(2)25(27(35)37-7)26(34(28)33-29)21-12-15-23(24(17-21)36-6)38-18-20-10-13-22(14-11-20)30(3,4)5/h10-15,17,26H,8-9,16,18H2,1-7H3,(H,31,32,33). The molecule has 0 spiro atoms. The maximum atomic E-state index is 12.9. The molecule has 2 aromatic carbocycles. The van der Waals surface area contributed by atoms with Gasteiger partial charge in [0.2, 0.25) is 11.1 Å². The third-order valence-electron chi connectivity index (χ3n) is 6.69. The highest BCUT2D eigenvalue weighted by atomic mass is 32.2. The van der Waals surface area contributed by atoms with Crippen molar-refractivity contribution in [1.29, 1.82) is 0 Å². The van der Waals surface area contributed by atoms with E-state index in [1.54, 1.807) is 23.6 Å². The van der Waals surface area contributed by atoms with Gasteiger partial charge in [0.1, 0.15) is 12.6 Å². The van der Waals surface area contributed by atoms with Crippen molar-refractivity contribution in [2.24, 2.45) is 0 Å². The third-order valence-corrected chi connectivity index (χ3v) is 7.61. The Bertz CT molecular complexity index is 1340. The molecule has 1 aromatic heterocycles. The molecule has 1 unspecified atom stereocenters. The lowest BCUT2D eigenvalue weighted by atomic mass is 9.87. The van der Waals surface area contributed by atoms with Crippen LogP contribution in [0.4, 0.5) is 5.95 Å². The van der Waals surface area contributed by atoms with Gasteiger partial charge in [-0.1, -0.05) is 76.2 Å². The predicted octanol–water partition coefficient (Wildman–Crippen LogP) is 6.52. The highest BCUT2D eigenvalue weighted by Crippen LogP contribution is 2.40. The molecule has 2 heterocycles. The molecule has 3 aromatic rings. The zero-order chi connectivity index (χ0) is 28.2. The summed E-state index contributed by atoms with van der Waals surface area (Å²) in [6.07, 6.45) is 2.18. The third kappa shape index (κ3) is 6.41. The summed E-state index contributed by atoms with van der Waals surface area (Å²) >= 11 is 1.61. The number of fused-ring (bicyclic) bond motifs is 1. The van der Waals surface area contributed by atoms with Crippen LogP contribution in [-0.4, -0.2) is 40.7 Å². The maximum absolute atomic E-state index is 12.9. The Morgan fingerprint density at radius 1 is 1.10 bits per heavy atom. The lowest BCUT2D eigenvalue weighted by molar-refractivity contribution is -0.136. The van der Waals surface area contributed by atoms with Gasteiger partial charge in [-0.3, -0.25) is 0 Å². The minimum absolute atomic E-state index is 0.0991. The van der Waals surface area contributed by atoms with E-state index in [0.717, 1.165) is 29.7 Å². The second kappa shape index (κ2) is 12.2. The Hall–Kier alpha value is -3.46. The highest BCUT2D eigenvalue weighted by molar-refractivity contribution is 7.99. The zero-order valence-electron chi connectivity index (χ0n) is 23.8. The van der Waals surface area contributed by atoms with E-state index in [-0.39, 0.29) is 5.41 Å². The first kappa shape index (κ1) is 28.5.